The van der Waals surface area contributed by atoms with Crippen molar-refractivity contribution in [1.82, 2.24) is 25.7 Å². The highest BCUT2D eigenvalue weighted by Gasteiger charge is 2.21. The van der Waals surface area contributed by atoms with Crippen LogP contribution in [-0.2, 0) is 6.54 Å². The van der Waals surface area contributed by atoms with Crippen molar-refractivity contribution in [1.29, 1.82) is 0 Å². The average Bonchev–Trinajstić information content (AvgIpc) is 3.17. The smallest absolute Gasteiger partial charge is 0.247 e. The van der Waals surface area contributed by atoms with Gasteiger partial charge in [0.25, 0.3) is 0 Å². The van der Waals surface area contributed by atoms with Crippen molar-refractivity contribution in [2.45, 2.75) is 25.4 Å². The number of piperidine rings is 1. The number of anilines is 1. The highest BCUT2D eigenvalue weighted by molar-refractivity contribution is 5.51. The molecule has 25 heavy (non-hydrogen) atoms. The maximum Gasteiger partial charge on any atom is 0.247 e. The first-order valence-electron chi connectivity index (χ1n) is 8.52. The molecule has 2 aromatic heterocycles. The van der Waals surface area contributed by atoms with Gasteiger partial charge < -0.3 is 14.6 Å². The molecule has 128 valence electrons. The zero-order valence-electron chi connectivity index (χ0n) is 13.9. The third-order valence-electron chi connectivity index (χ3n) is 4.33. The van der Waals surface area contributed by atoms with Gasteiger partial charge in [0.2, 0.25) is 11.8 Å². The summed E-state index contributed by atoms with van der Waals surface area (Å²) in [5, 5.41) is 19.9. The van der Waals surface area contributed by atoms with Gasteiger partial charge in [0.1, 0.15) is 0 Å². The molecule has 1 atom stereocenters. The number of nitrogens with one attached hydrogen (secondary N) is 1. The largest absolute Gasteiger partial charge is 0.419 e. The van der Waals surface area contributed by atoms with Crippen LogP contribution in [0.4, 0.5) is 5.82 Å². The van der Waals surface area contributed by atoms with Crippen molar-refractivity contribution in [2.75, 3.05) is 18.0 Å². The Labute approximate surface area is 146 Å². The summed E-state index contributed by atoms with van der Waals surface area (Å²) in [7, 11) is 0. The first-order valence-corrected chi connectivity index (χ1v) is 8.52. The number of nitrogens with zero attached hydrogens (tertiary/aromatic N) is 5. The minimum absolute atomic E-state index is 0.364. The molecule has 0 unspecified atom stereocenters. The molecule has 0 saturated carbocycles. The number of rotatable bonds is 5. The predicted octanol–water partition coefficient (Wildman–Crippen LogP) is 2.29. The summed E-state index contributed by atoms with van der Waals surface area (Å²) in [6.45, 7) is 2.48. The molecule has 0 aliphatic carbocycles. The number of hydrogen-bond acceptors (Lipinski definition) is 7. The van der Waals surface area contributed by atoms with Crippen molar-refractivity contribution in [3.05, 3.63) is 54.6 Å². The molecular formula is C18H20N6O. The maximum absolute atomic E-state index is 5.75. The minimum Gasteiger partial charge on any atom is -0.419 e. The van der Waals surface area contributed by atoms with Crippen LogP contribution in [-0.4, -0.2) is 39.5 Å². The van der Waals surface area contributed by atoms with Gasteiger partial charge in [-0.25, -0.2) is 0 Å². The molecule has 3 heterocycles. The van der Waals surface area contributed by atoms with E-state index in [1.165, 1.54) is 0 Å². The van der Waals surface area contributed by atoms with Gasteiger partial charge in [-0.05, 0) is 37.1 Å². The number of aromatic nitrogens is 4. The molecule has 1 fully saturated rings. The van der Waals surface area contributed by atoms with Crippen molar-refractivity contribution in [2.24, 2.45) is 0 Å². The molecular weight excluding hydrogens is 316 g/mol. The Kier molecular flexibility index (Phi) is 4.65. The van der Waals surface area contributed by atoms with Crippen molar-refractivity contribution in [3.8, 4) is 11.5 Å². The molecule has 0 bridgehead atoms. The molecule has 3 aromatic rings. The normalized spacial score (nSPS) is 17.6. The molecule has 1 aliphatic heterocycles. The third-order valence-corrected chi connectivity index (χ3v) is 4.33. The van der Waals surface area contributed by atoms with E-state index in [1.54, 1.807) is 6.20 Å². The summed E-state index contributed by atoms with van der Waals surface area (Å²) >= 11 is 0. The zero-order valence-corrected chi connectivity index (χ0v) is 13.9. The standard InChI is InChI=1S/C18H20N6O/c1-2-6-14(7-3-1)18-23-22-17(25-18)12-19-15-8-5-11-24(13-15)16-9-4-10-20-21-16/h1-4,6-7,9-10,15,19H,5,8,11-13H2/t15-/m1/s1. The second-order valence-corrected chi connectivity index (χ2v) is 6.11. The SMILES string of the molecule is c1ccc(-c2nnc(CN[C@@H]3CCCN(c4cccnn4)C3)o2)cc1. The van der Waals surface area contributed by atoms with E-state index in [0.717, 1.165) is 37.3 Å². The van der Waals surface area contributed by atoms with Crippen LogP contribution in [0.3, 0.4) is 0 Å². The van der Waals surface area contributed by atoms with Gasteiger partial charge in [0.15, 0.2) is 5.82 Å². The van der Waals surface area contributed by atoms with Crippen LogP contribution in [0.5, 0.6) is 0 Å². The monoisotopic (exact) mass is 336 g/mol. The van der Waals surface area contributed by atoms with Gasteiger partial charge >= 0.3 is 0 Å². The Balaban J connectivity index is 1.35. The summed E-state index contributed by atoms with van der Waals surface area (Å²) in [4.78, 5) is 2.26. The van der Waals surface area contributed by atoms with Gasteiger partial charge in [0, 0.05) is 30.9 Å². The lowest BCUT2D eigenvalue weighted by atomic mass is 10.1. The molecule has 1 saturated heterocycles. The zero-order chi connectivity index (χ0) is 16.9. The van der Waals surface area contributed by atoms with Crippen LogP contribution < -0.4 is 10.2 Å². The molecule has 1 aliphatic rings. The topological polar surface area (TPSA) is 80.0 Å². The summed E-state index contributed by atoms with van der Waals surface area (Å²) in [6, 6.07) is 14.1. The number of hydrogen-bond donors (Lipinski definition) is 1. The van der Waals surface area contributed by atoms with Crippen LogP contribution in [0.15, 0.2) is 53.1 Å². The van der Waals surface area contributed by atoms with Crippen LogP contribution >= 0.6 is 0 Å². The molecule has 7 nitrogen and oxygen atoms in total. The Morgan fingerprint density at radius 3 is 2.84 bits per heavy atom. The molecule has 7 heteroatoms. The van der Waals surface area contributed by atoms with Crippen molar-refractivity contribution >= 4 is 5.82 Å². The van der Waals surface area contributed by atoms with E-state index >= 15 is 0 Å². The van der Waals surface area contributed by atoms with Gasteiger partial charge in [-0.1, -0.05) is 18.2 Å². The van der Waals surface area contributed by atoms with Gasteiger partial charge in [-0.3, -0.25) is 0 Å². The Bertz CT molecular complexity index is 792. The third kappa shape index (κ3) is 3.83. The fourth-order valence-corrected chi connectivity index (χ4v) is 3.07. The van der Waals surface area contributed by atoms with Crippen LogP contribution in [0, 0.1) is 0 Å². The Hall–Kier alpha value is -2.80. The van der Waals surface area contributed by atoms with E-state index < -0.39 is 0 Å². The predicted molar refractivity (Wildman–Crippen MR) is 93.8 cm³/mol. The van der Waals surface area contributed by atoms with E-state index in [0.29, 0.717) is 24.4 Å². The van der Waals surface area contributed by atoms with Crippen LogP contribution in [0.1, 0.15) is 18.7 Å². The molecule has 0 amide bonds. The Morgan fingerprint density at radius 2 is 2.00 bits per heavy atom. The van der Waals surface area contributed by atoms with Gasteiger partial charge in [0.05, 0.1) is 6.54 Å². The molecule has 1 N–H and O–H groups in total. The van der Waals surface area contributed by atoms with E-state index in [-0.39, 0.29) is 0 Å². The molecule has 0 spiro atoms. The van der Waals surface area contributed by atoms with Gasteiger partial charge in [-0.2, -0.15) is 5.10 Å². The summed E-state index contributed by atoms with van der Waals surface area (Å²) in [5.41, 5.74) is 0.938. The summed E-state index contributed by atoms with van der Waals surface area (Å²) in [5.74, 6) is 2.09. The average molecular weight is 336 g/mol. The first-order chi connectivity index (χ1) is 12.4. The van der Waals surface area contributed by atoms with Crippen LogP contribution in [0.2, 0.25) is 0 Å². The lowest BCUT2D eigenvalue weighted by Gasteiger charge is -2.33. The van der Waals surface area contributed by atoms with Gasteiger partial charge in [-0.15, -0.1) is 15.3 Å². The second-order valence-electron chi connectivity index (χ2n) is 6.11. The van der Waals surface area contributed by atoms with Crippen molar-refractivity contribution in [3.63, 3.8) is 0 Å². The fraction of sp³-hybridized carbons (Fsp3) is 0.333. The highest BCUT2D eigenvalue weighted by Crippen LogP contribution is 2.19. The molecule has 0 radical (unpaired) electrons. The van der Waals surface area contributed by atoms with E-state index in [4.69, 9.17) is 4.42 Å². The second kappa shape index (κ2) is 7.40. The quantitative estimate of drug-likeness (QED) is 0.765. The maximum atomic E-state index is 5.75. The lowest BCUT2D eigenvalue weighted by Crippen LogP contribution is -2.45. The fourth-order valence-electron chi connectivity index (χ4n) is 3.07. The number of benzene rings is 1. The lowest BCUT2D eigenvalue weighted by molar-refractivity contribution is 0.390. The summed E-state index contributed by atoms with van der Waals surface area (Å²) < 4.78 is 5.75. The highest BCUT2D eigenvalue weighted by atomic mass is 16.4. The van der Waals surface area contributed by atoms with Crippen LogP contribution in [0.25, 0.3) is 11.5 Å². The van der Waals surface area contributed by atoms with E-state index in [9.17, 15) is 0 Å². The first kappa shape index (κ1) is 15.7. The van der Waals surface area contributed by atoms with E-state index in [1.807, 2.05) is 42.5 Å². The van der Waals surface area contributed by atoms with E-state index in [2.05, 4.69) is 30.6 Å². The molecule has 1 aromatic carbocycles. The van der Waals surface area contributed by atoms with Crippen molar-refractivity contribution < 1.29 is 4.42 Å². The molecule has 4 rings (SSSR count). The minimum atomic E-state index is 0.364. The summed E-state index contributed by atoms with van der Waals surface area (Å²) in [6.07, 6.45) is 3.94. The Morgan fingerprint density at radius 1 is 1.08 bits per heavy atom.